The molecule has 1 aromatic carbocycles. The number of nitrogens with zero attached hydrogens (tertiary/aromatic N) is 1. The largest absolute Gasteiger partial charge is 0.395 e. The average Bonchev–Trinajstić information content (AvgIpc) is 2.44. The lowest BCUT2D eigenvalue weighted by Crippen LogP contribution is -2.40. The minimum atomic E-state index is 0.162. The van der Waals surface area contributed by atoms with E-state index < -0.39 is 0 Å². The Kier molecular flexibility index (Phi) is 8.41. The number of ether oxygens (including phenoxy) is 1. The Labute approximate surface area is 116 Å². The molecule has 1 aromatic rings. The van der Waals surface area contributed by atoms with Crippen LogP contribution in [-0.2, 0) is 11.3 Å². The summed E-state index contributed by atoms with van der Waals surface area (Å²) >= 11 is 0. The molecule has 0 aromatic heterocycles. The number of benzene rings is 1. The van der Waals surface area contributed by atoms with Crippen LogP contribution in [-0.4, -0.2) is 49.5 Å². The van der Waals surface area contributed by atoms with E-state index in [9.17, 15) is 5.11 Å². The van der Waals surface area contributed by atoms with Crippen molar-refractivity contribution in [3.8, 4) is 0 Å². The Morgan fingerprint density at radius 3 is 2.63 bits per heavy atom. The molecule has 0 saturated carbocycles. The van der Waals surface area contributed by atoms with Crippen LogP contribution in [0.15, 0.2) is 30.3 Å². The van der Waals surface area contributed by atoms with Crippen molar-refractivity contribution in [1.29, 1.82) is 0 Å². The van der Waals surface area contributed by atoms with Gasteiger partial charge in [-0.1, -0.05) is 30.3 Å². The Morgan fingerprint density at radius 2 is 2.05 bits per heavy atom. The van der Waals surface area contributed by atoms with Gasteiger partial charge in [-0.2, -0.15) is 0 Å². The van der Waals surface area contributed by atoms with Crippen LogP contribution in [0, 0.1) is 0 Å². The minimum Gasteiger partial charge on any atom is -0.395 e. The van der Waals surface area contributed by atoms with Crippen molar-refractivity contribution in [3.63, 3.8) is 0 Å². The van der Waals surface area contributed by atoms with E-state index >= 15 is 0 Å². The second-order valence-corrected chi connectivity index (χ2v) is 4.72. The number of aliphatic hydroxyl groups excluding tert-OH is 1. The summed E-state index contributed by atoms with van der Waals surface area (Å²) in [6, 6.07) is 10.6. The predicted octanol–water partition coefficient (Wildman–Crippen LogP) is 1.23. The SMILES string of the molecule is COCC(CCCN)N(CCO)Cc1ccccc1. The monoisotopic (exact) mass is 266 g/mol. The molecule has 0 saturated heterocycles. The number of hydrogen-bond donors (Lipinski definition) is 2. The standard InChI is InChI=1S/C15H26N2O2/c1-19-13-15(8-5-9-16)17(10-11-18)12-14-6-3-2-4-7-14/h2-4,6-7,15,18H,5,8-13,16H2,1H3. The van der Waals surface area contributed by atoms with Crippen LogP contribution in [0.2, 0.25) is 0 Å². The third-order valence-corrected chi connectivity index (χ3v) is 3.23. The molecule has 0 radical (unpaired) electrons. The molecule has 0 heterocycles. The first kappa shape index (κ1) is 16.1. The zero-order valence-corrected chi connectivity index (χ0v) is 11.8. The van der Waals surface area contributed by atoms with E-state index in [0.717, 1.165) is 19.4 Å². The zero-order valence-electron chi connectivity index (χ0n) is 11.8. The maximum atomic E-state index is 9.25. The molecule has 19 heavy (non-hydrogen) atoms. The first-order valence-electron chi connectivity index (χ1n) is 6.89. The van der Waals surface area contributed by atoms with E-state index in [1.54, 1.807) is 7.11 Å². The number of hydrogen-bond acceptors (Lipinski definition) is 4. The van der Waals surface area contributed by atoms with Crippen molar-refractivity contribution in [3.05, 3.63) is 35.9 Å². The number of rotatable bonds is 10. The lowest BCUT2D eigenvalue weighted by Gasteiger charge is -2.31. The van der Waals surface area contributed by atoms with Gasteiger partial charge in [0.2, 0.25) is 0 Å². The summed E-state index contributed by atoms with van der Waals surface area (Å²) < 4.78 is 5.30. The summed E-state index contributed by atoms with van der Waals surface area (Å²) in [7, 11) is 1.72. The van der Waals surface area contributed by atoms with Gasteiger partial charge in [0.05, 0.1) is 13.2 Å². The van der Waals surface area contributed by atoms with Gasteiger partial charge < -0.3 is 15.6 Å². The second-order valence-electron chi connectivity index (χ2n) is 4.72. The van der Waals surface area contributed by atoms with Gasteiger partial charge in [-0.25, -0.2) is 0 Å². The Morgan fingerprint density at radius 1 is 1.32 bits per heavy atom. The minimum absolute atomic E-state index is 0.162. The summed E-state index contributed by atoms with van der Waals surface area (Å²) in [5.41, 5.74) is 6.85. The smallest absolute Gasteiger partial charge is 0.0618 e. The zero-order chi connectivity index (χ0) is 13.9. The molecular formula is C15H26N2O2. The van der Waals surface area contributed by atoms with E-state index in [1.165, 1.54) is 5.56 Å². The Bertz CT molecular complexity index is 319. The molecule has 0 bridgehead atoms. The third-order valence-electron chi connectivity index (χ3n) is 3.23. The quantitative estimate of drug-likeness (QED) is 0.669. The number of methoxy groups -OCH3 is 1. The van der Waals surface area contributed by atoms with Crippen LogP contribution in [0.3, 0.4) is 0 Å². The second kappa shape index (κ2) is 9.92. The fraction of sp³-hybridized carbons (Fsp3) is 0.600. The molecule has 3 N–H and O–H groups in total. The molecule has 4 heteroatoms. The highest BCUT2D eigenvalue weighted by molar-refractivity contribution is 5.14. The summed E-state index contributed by atoms with van der Waals surface area (Å²) in [6.45, 7) is 3.02. The molecule has 1 rings (SSSR count). The van der Waals surface area contributed by atoms with E-state index in [4.69, 9.17) is 10.5 Å². The molecule has 0 fully saturated rings. The number of nitrogens with two attached hydrogens (primary N) is 1. The topological polar surface area (TPSA) is 58.7 Å². The highest BCUT2D eigenvalue weighted by Crippen LogP contribution is 2.12. The van der Waals surface area contributed by atoms with Gasteiger partial charge in [0, 0.05) is 26.2 Å². The van der Waals surface area contributed by atoms with Crippen LogP contribution >= 0.6 is 0 Å². The maximum absolute atomic E-state index is 9.25. The third kappa shape index (κ3) is 6.16. The van der Waals surface area contributed by atoms with Crippen molar-refractivity contribution in [2.45, 2.75) is 25.4 Å². The maximum Gasteiger partial charge on any atom is 0.0618 e. The summed E-state index contributed by atoms with van der Waals surface area (Å²) in [5.74, 6) is 0. The summed E-state index contributed by atoms with van der Waals surface area (Å²) in [4.78, 5) is 2.27. The fourth-order valence-electron chi connectivity index (χ4n) is 2.25. The summed E-state index contributed by atoms with van der Waals surface area (Å²) in [5, 5.41) is 9.25. The van der Waals surface area contributed by atoms with Gasteiger partial charge in [-0.3, -0.25) is 4.90 Å². The normalized spacial score (nSPS) is 12.8. The molecule has 0 spiro atoms. The van der Waals surface area contributed by atoms with Crippen molar-refractivity contribution in [1.82, 2.24) is 4.90 Å². The predicted molar refractivity (Wildman–Crippen MR) is 77.9 cm³/mol. The highest BCUT2D eigenvalue weighted by atomic mass is 16.5. The van der Waals surface area contributed by atoms with Crippen LogP contribution < -0.4 is 5.73 Å². The molecule has 108 valence electrons. The van der Waals surface area contributed by atoms with Gasteiger partial charge in [0.1, 0.15) is 0 Å². The summed E-state index contributed by atoms with van der Waals surface area (Å²) in [6.07, 6.45) is 1.97. The van der Waals surface area contributed by atoms with Gasteiger partial charge >= 0.3 is 0 Å². The Balaban J connectivity index is 2.66. The van der Waals surface area contributed by atoms with Gasteiger partial charge in [-0.15, -0.1) is 0 Å². The lowest BCUT2D eigenvalue weighted by molar-refractivity contribution is 0.0663. The van der Waals surface area contributed by atoms with Gasteiger partial charge in [0.15, 0.2) is 0 Å². The lowest BCUT2D eigenvalue weighted by atomic mass is 10.1. The van der Waals surface area contributed by atoms with Gasteiger partial charge in [-0.05, 0) is 24.9 Å². The van der Waals surface area contributed by atoms with Crippen molar-refractivity contribution in [2.24, 2.45) is 5.73 Å². The molecule has 0 aliphatic rings. The van der Waals surface area contributed by atoms with Crippen molar-refractivity contribution < 1.29 is 9.84 Å². The van der Waals surface area contributed by atoms with Gasteiger partial charge in [0.25, 0.3) is 0 Å². The Hall–Kier alpha value is -0.940. The molecule has 1 unspecified atom stereocenters. The average molecular weight is 266 g/mol. The van der Waals surface area contributed by atoms with Crippen LogP contribution in [0.5, 0.6) is 0 Å². The molecule has 0 aliphatic carbocycles. The molecule has 0 aliphatic heterocycles. The van der Waals surface area contributed by atoms with E-state index in [0.29, 0.717) is 25.7 Å². The van der Waals surface area contributed by atoms with Crippen molar-refractivity contribution >= 4 is 0 Å². The van der Waals surface area contributed by atoms with Crippen LogP contribution in [0.1, 0.15) is 18.4 Å². The fourth-order valence-corrected chi connectivity index (χ4v) is 2.25. The molecule has 4 nitrogen and oxygen atoms in total. The first-order valence-corrected chi connectivity index (χ1v) is 6.89. The van der Waals surface area contributed by atoms with E-state index in [-0.39, 0.29) is 6.61 Å². The van der Waals surface area contributed by atoms with Crippen molar-refractivity contribution in [2.75, 3.05) is 33.4 Å². The van der Waals surface area contributed by atoms with Crippen LogP contribution in [0.25, 0.3) is 0 Å². The highest BCUT2D eigenvalue weighted by Gasteiger charge is 2.17. The molecular weight excluding hydrogens is 240 g/mol. The molecule has 1 atom stereocenters. The van der Waals surface area contributed by atoms with Crippen LogP contribution in [0.4, 0.5) is 0 Å². The molecule has 0 amide bonds. The first-order chi connectivity index (χ1) is 9.31. The van der Waals surface area contributed by atoms with E-state index in [2.05, 4.69) is 17.0 Å². The van der Waals surface area contributed by atoms with E-state index in [1.807, 2.05) is 18.2 Å². The number of aliphatic hydroxyl groups is 1.